The van der Waals surface area contributed by atoms with Crippen molar-refractivity contribution in [3.05, 3.63) is 0 Å². The van der Waals surface area contributed by atoms with Crippen LogP contribution in [-0.2, 0) is 14.4 Å². The van der Waals surface area contributed by atoms with Gasteiger partial charge in [0, 0.05) is 0 Å². The summed E-state index contributed by atoms with van der Waals surface area (Å²) in [5.41, 5.74) is -2.20. The van der Waals surface area contributed by atoms with Gasteiger partial charge >= 0.3 is 0 Å². The Balaban J connectivity index is 2.34. The molecule has 0 atom stereocenters. The number of piperazine rings is 1. The predicted octanol–water partition coefficient (Wildman–Crippen LogP) is 1.11. The van der Waals surface area contributed by atoms with E-state index in [4.69, 9.17) is 0 Å². The van der Waals surface area contributed by atoms with Gasteiger partial charge in [-0.2, -0.15) is 5.26 Å². The number of carbonyl (C=O) groups excluding carboxylic acids is 3. The molecule has 1 saturated heterocycles. The molecule has 6 nitrogen and oxygen atoms in total. The number of imide groups is 1. The maximum atomic E-state index is 12.9. The standard InChI is InChI=1S/C15H21N3O3/c1-14(2)12(20)17-11(19)9-18(14)13(21)15(10-16)7-5-3-4-6-8-15/h3-9H2,1-2H3,(H,17,19,20). The predicted molar refractivity (Wildman–Crippen MR) is 74.7 cm³/mol. The number of hydrogen-bond acceptors (Lipinski definition) is 4. The van der Waals surface area contributed by atoms with E-state index < -0.39 is 22.8 Å². The third-order valence-electron chi connectivity index (χ3n) is 4.61. The van der Waals surface area contributed by atoms with Gasteiger partial charge in [-0.25, -0.2) is 0 Å². The Bertz CT molecular complexity index is 511. The van der Waals surface area contributed by atoms with Gasteiger partial charge in [-0.15, -0.1) is 0 Å². The van der Waals surface area contributed by atoms with Crippen LogP contribution < -0.4 is 5.32 Å². The Morgan fingerprint density at radius 1 is 1.19 bits per heavy atom. The highest BCUT2D eigenvalue weighted by Gasteiger charge is 2.50. The highest BCUT2D eigenvalue weighted by Crippen LogP contribution is 2.38. The van der Waals surface area contributed by atoms with Crippen molar-refractivity contribution in [2.24, 2.45) is 5.41 Å². The van der Waals surface area contributed by atoms with Crippen LogP contribution >= 0.6 is 0 Å². The molecule has 6 heteroatoms. The molecule has 0 radical (unpaired) electrons. The van der Waals surface area contributed by atoms with E-state index in [1.54, 1.807) is 13.8 Å². The zero-order valence-electron chi connectivity index (χ0n) is 12.6. The number of carbonyl (C=O) groups is 3. The minimum Gasteiger partial charge on any atom is -0.318 e. The van der Waals surface area contributed by atoms with Gasteiger partial charge in [-0.3, -0.25) is 19.7 Å². The van der Waals surface area contributed by atoms with Crippen LogP contribution in [0.15, 0.2) is 0 Å². The smallest absolute Gasteiger partial charge is 0.252 e. The summed E-state index contributed by atoms with van der Waals surface area (Å²) in [5.74, 6) is -1.36. The maximum Gasteiger partial charge on any atom is 0.252 e. The van der Waals surface area contributed by atoms with Crippen LogP contribution in [0.3, 0.4) is 0 Å². The SMILES string of the molecule is CC1(C)C(=O)NC(=O)CN1C(=O)C1(C#N)CCCCCC1. The van der Waals surface area contributed by atoms with Gasteiger partial charge < -0.3 is 4.90 Å². The summed E-state index contributed by atoms with van der Waals surface area (Å²) in [6, 6.07) is 2.19. The first-order valence-electron chi connectivity index (χ1n) is 7.41. The molecular weight excluding hydrogens is 270 g/mol. The molecule has 0 aromatic rings. The van der Waals surface area contributed by atoms with E-state index in [0.29, 0.717) is 12.8 Å². The molecule has 0 spiro atoms. The van der Waals surface area contributed by atoms with E-state index in [9.17, 15) is 19.6 Å². The van der Waals surface area contributed by atoms with E-state index in [0.717, 1.165) is 25.7 Å². The topological polar surface area (TPSA) is 90.3 Å². The third-order valence-corrected chi connectivity index (χ3v) is 4.61. The zero-order chi connectivity index (χ0) is 15.7. The van der Waals surface area contributed by atoms with Gasteiger partial charge in [0.15, 0.2) is 0 Å². The molecule has 1 saturated carbocycles. The molecule has 114 valence electrons. The van der Waals surface area contributed by atoms with Crippen molar-refractivity contribution < 1.29 is 14.4 Å². The van der Waals surface area contributed by atoms with E-state index in [2.05, 4.69) is 11.4 Å². The van der Waals surface area contributed by atoms with Crippen molar-refractivity contribution in [3.63, 3.8) is 0 Å². The van der Waals surface area contributed by atoms with Crippen LogP contribution in [0.4, 0.5) is 0 Å². The van der Waals surface area contributed by atoms with Crippen LogP contribution in [0.1, 0.15) is 52.4 Å². The fraction of sp³-hybridized carbons (Fsp3) is 0.733. The average molecular weight is 291 g/mol. The van der Waals surface area contributed by atoms with Gasteiger partial charge in [0.05, 0.1) is 6.07 Å². The van der Waals surface area contributed by atoms with Gasteiger partial charge in [0.25, 0.3) is 5.91 Å². The quantitative estimate of drug-likeness (QED) is 0.579. The van der Waals surface area contributed by atoms with E-state index in [1.807, 2.05) is 0 Å². The third kappa shape index (κ3) is 2.65. The van der Waals surface area contributed by atoms with Gasteiger partial charge in [0.2, 0.25) is 11.8 Å². The summed E-state index contributed by atoms with van der Waals surface area (Å²) in [4.78, 5) is 37.8. The van der Waals surface area contributed by atoms with Crippen LogP contribution in [-0.4, -0.2) is 34.7 Å². The molecular formula is C15H21N3O3. The minimum absolute atomic E-state index is 0.166. The maximum absolute atomic E-state index is 12.9. The molecule has 2 aliphatic rings. The first-order valence-corrected chi connectivity index (χ1v) is 7.41. The van der Waals surface area contributed by atoms with Crippen LogP contribution in [0.5, 0.6) is 0 Å². The molecule has 2 fully saturated rings. The molecule has 1 heterocycles. The lowest BCUT2D eigenvalue weighted by atomic mass is 9.79. The Hall–Kier alpha value is -1.90. The van der Waals surface area contributed by atoms with Crippen molar-refractivity contribution in [1.82, 2.24) is 10.2 Å². The van der Waals surface area contributed by atoms with E-state index in [1.165, 1.54) is 4.90 Å². The summed E-state index contributed by atoms with van der Waals surface area (Å²) in [6.45, 7) is 3.05. The van der Waals surface area contributed by atoms with E-state index in [-0.39, 0.29) is 12.5 Å². The first-order chi connectivity index (χ1) is 9.83. The Morgan fingerprint density at radius 2 is 1.76 bits per heavy atom. The Morgan fingerprint density at radius 3 is 2.29 bits per heavy atom. The normalized spacial score (nSPS) is 24.7. The number of nitrogens with one attached hydrogen (secondary N) is 1. The number of rotatable bonds is 1. The lowest BCUT2D eigenvalue weighted by Gasteiger charge is -2.43. The molecule has 1 aliphatic heterocycles. The Labute approximate surface area is 124 Å². The van der Waals surface area contributed by atoms with Crippen LogP contribution in [0.2, 0.25) is 0 Å². The lowest BCUT2D eigenvalue weighted by molar-refractivity contribution is -0.160. The Kier molecular flexibility index (Phi) is 4.04. The van der Waals surface area contributed by atoms with Gasteiger partial charge in [-0.05, 0) is 26.7 Å². The fourth-order valence-corrected chi connectivity index (χ4v) is 3.07. The average Bonchev–Trinajstić information content (AvgIpc) is 2.68. The van der Waals surface area contributed by atoms with Crippen molar-refractivity contribution in [1.29, 1.82) is 5.26 Å². The summed E-state index contributed by atoms with van der Waals surface area (Å²) in [5, 5.41) is 11.8. The van der Waals surface area contributed by atoms with Crippen molar-refractivity contribution in [3.8, 4) is 6.07 Å². The summed E-state index contributed by atoms with van der Waals surface area (Å²) in [6.07, 6.45) is 4.69. The first kappa shape index (κ1) is 15.5. The highest BCUT2D eigenvalue weighted by atomic mass is 16.2. The van der Waals surface area contributed by atoms with Crippen LogP contribution in [0.25, 0.3) is 0 Å². The molecule has 3 amide bonds. The van der Waals surface area contributed by atoms with Crippen molar-refractivity contribution >= 4 is 17.7 Å². The summed E-state index contributed by atoms with van der Waals surface area (Å²) >= 11 is 0. The van der Waals surface area contributed by atoms with E-state index >= 15 is 0 Å². The number of hydrogen-bond donors (Lipinski definition) is 1. The molecule has 2 rings (SSSR count). The number of nitriles is 1. The van der Waals surface area contributed by atoms with Gasteiger partial charge in [0.1, 0.15) is 17.5 Å². The largest absolute Gasteiger partial charge is 0.318 e. The van der Waals surface area contributed by atoms with Gasteiger partial charge in [-0.1, -0.05) is 25.7 Å². The lowest BCUT2D eigenvalue weighted by Crippen LogP contribution is -2.67. The molecule has 1 aliphatic carbocycles. The zero-order valence-corrected chi connectivity index (χ0v) is 12.6. The monoisotopic (exact) mass is 291 g/mol. The molecule has 21 heavy (non-hydrogen) atoms. The summed E-state index contributed by atoms with van der Waals surface area (Å²) in [7, 11) is 0. The second-order valence-corrected chi connectivity index (χ2v) is 6.44. The summed E-state index contributed by atoms with van der Waals surface area (Å²) < 4.78 is 0. The van der Waals surface area contributed by atoms with Crippen molar-refractivity contribution in [2.75, 3.05) is 6.54 Å². The second-order valence-electron chi connectivity index (χ2n) is 6.44. The van der Waals surface area contributed by atoms with Crippen molar-refractivity contribution in [2.45, 2.75) is 57.9 Å². The fourth-order valence-electron chi connectivity index (χ4n) is 3.07. The highest BCUT2D eigenvalue weighted by molar-refractivity contribution is 6.07. The minimum atomic E-state index is -1.11. The molecule has 0 aromatic carbocycles. The second kappa shape index (κ2) is 5.47. The molecule has 0 unspecified atom stereocenters. The number of amides is 3. The molecule has 0 bridgehead atoms. The molecule has 0 aromatic heterocycles. The molecule has 1 N–H and O–H groups in total. The number of nitrogens with zero attached hydrogens (tertiary/aromatic N) is 2. The van der Waals surface area contributed by atoms with Crippen LogP contribution in [0, 0.1) is 16.7 Å².